The van der Waals surface area contributed by atoms with E-state index in [4.69, 9.17) is 9.72 Å². The van der Waals surface area contributed by atoms with Crippen molar-refractivity contribution in [2.75, 3.05) is 38.2 Å². The number of thiazole rings is 1. The summed E-state index contributed by atoms with van der Waals surface area (Å²) in [5, 5.41) is 5.53. The summed E-state index contributed by atoms with van der Waals surface area (Å²) in [6, 6.07) is 13.9. The maximum atomic E-state index is 13.4. The van der Waals surface area contributed by atoms with E-state index in [0.717, 1.165) is 64.2 Å². The van der Waals surface area contributed by atoms with Crippen molar-refractivity contribution in [2.45, 2.75) is 19.8 Å². The van der Waals surface area contributed by atoms with Gasteiger partial charge in [0.2, 0.25) is 5.91 Å². The Balaban J connectivity index is 1.29. The van der Waals surface area contributed by atoms with E-state index in [1.807, 2.05) is 36.1 Å². The number of carbonyl (C=O) groups excluding carboxylic acids is 1. The van der Waals surface area contributed by atoms with Gasteiger partial charge in [-0.25, -0.2) is 9.07 Å². The number of amides is 1. The number of fused-ring (bicyclic) bond motifs is 1. The molecule has 0 N–H and O–H groups in total. The Hall–Kier alpha value is -3.46. The van der Waals surface area contributed by atoms with Crippen LogP contribution < -0.4 is 9.64 Å². The van der Waals surface area contributed by atoms with Crippen molar-refractivity contribution < 1.29 is 13.9 Å². The van der Waals surface area contributed by atoms with Crippen molar-refractivity contribution in [3.8, 4) is 11.4 Å². The molecule has 0 bridgehead atoms. The predicted molar refractivity (Wildman–Crippen MR) is 132 cm³/mol. The van der Waals surface area contributed by atoms with Crippen LogP contribution in [0.1, 0.15) is 17.7 Å². The minimum absolute atomic E-state index is 0.138. The monoisotopic (exact) mass is 479 g/mol. The van der Waals surface area contributed by atoms with Crippen LogP contribution in [-0.2, 0) is 11.2 Å². The molecule has 7 nitrogen and oxygen atoms in total. The topological polar surface area (TPSA) is 63.5 Å². The summed E-state index contributed by atoms with van der Waals surface area (Å²) in [6.45, 7) is 4.93. The van der Waals surface area contributed by atoms with Crippen LogP contribution in [0.25, 0.3) is 16.0 Å². The fourth-order valence-electron chi connectivity index (χ4n) is 4.21. The molecular weight excluding hydrogens is 453 g/mol. The zero-order valence-electron chi connectivity index (χ0n) is 19.2. The molecule has 5 rings (SSSR count). The van der Waals surface area contributed by atoms with Crippen molar-refractivity contribution in [1.82, 2.24) is 19.7 Å². The summed E-state index contributed by atoms with van der Waals surface area (Å²) >= 11 is 1.62. The van der Waals surface area contributed by atoms with Gasteiger partial charge in [-0.15, -0.1) is 0 Å². The van der Waals surface area contributed by atoms with Gasteiger partial charge in [0.05, 0.1) is 29.6 Å². The van der Waals surface area contributed by atoms with Gasteiger partial charge in [-0.1, -0.05) is 23.5 Å². The standard InChI is InChI=1S/C25H26FN5O2S/c1-17-23-24(31(28-17)20-8-6-19(26)7-9-20)27-25(34-23)30-13-3-12-29(14-15-30)22(32)16-18-4-10-21(33-2)11-5-18/h4-11H,3,12-16H2,1-2H3. The van der Waals surface area contributed by atoms with Gasteiger partial charge in [0.25, 0.3) is 0 Å². The van der Waals surface area contributed by atoms with Crippen LogP contribution in [0, 0.1) is 12.7 Å². The number of hydrogen-bond acceptors (Lipinski definition) is 6. The highest BCUT2D eigenvalue weighted by Crippen LogP contribution is 2.33. The molecule has 1 aliphatic rings. The molecule has 0 aliphatic carbocycles. The second-order valence-electron chi connectivity index (χ2n) is 8.37. The molecule has 1 saturated heterocycles. The van der Waals surface area contributed by atoms with Crippen molar-refractivity contribution in [3.05, 3.63) is 65.6 Å². The lowest BCUT2D eigenvalue weighted by molar-refractivity contribution is -0.130. The third kappa shape index (κ3) is 4.48. The minimum atomic E-state index is -0.279. The fourth-order valence-corrected chi connectivity index (χ4v) is 5.25. The smallest absolute Gasteiger partial charge is 0.227 e. The van der Waals surface area contributed by atoms with Crippen LogP contribution in [-0.4, -0.2) is 58.9 Å². The average molecular weight is 480 g/mol. The summed E-state index contributed by atoms with van der Waals surface area (Å²) in [6.07, 6.45) is 1.27. The van der Waals surface area contributed by atoms with E-state index in [-0.39, 0.29) is 11.7 Å². The molecule has 2 aromatic carbocycles. The van der Waals surface area contributed by atoms with E-state index in [2.05, 4.69) is 10.00 Å². The lowest BCUT2D eigenvalue weighted by atomic mass is 10.1. The highest BCUT2D eigenvalue weighted by atomic mass is 32.1. The molecule has 0 saturated carbocycles. The summed E-state index contributed by atoms with van der Waals surface area (Å²) in [4.78, 5) is 22.0. The largest absolute Gasteiger partial charge is 0.497 e. The van der Waals surface area contributed by atoms with Crippen LogP contribution in [0.2, 0.25) is 0 Å². The van der Waals surface area contributed by atoms with Gasteiger partial charge < -0.3 is 14.5 Å². The van der Waals surface area contributed by atoms with Gasteiger partial charge in [-0.05, 0) is 55.3 Å². The molecule has 4 aromatic rings. The molecule has 0 radical (unpaired) electrons. The Labute approximate surface area is 201 Å². The molecule has 34 heavy (non-hydrogen) atoms. The molecule has 0 atom stereocenters. The molecule has 9 heteroatoms. The number of methoxy groups -OCH3 is 1. The van der Waals surface area contributed by atoms with E-state index >= 15 is 0 Å². The van der Waals surface area contributed by atoms with E-state index in [0.29, 0.717) is 13.0 Å². The number of halogens is 1. The molecule has 1 fully saturated rings. The lowest BCUT2D eigenvalue weighted by Gasteiger charge is -2.22. The van der Waals surface area contributed by atoms with Crippen molar-refractivity contribution >= 4 is 32.7 Å². The Bertz CT molecular complexity index is 1300. The first-order chi connectivity index (χ1) is 16.5. The zero-order valence-corrected chi connectivity index (χ0v) is 20.0. The summed E-state index contributed by atoms with van der Waals surface area (Å²) < 4.78 is 21.4. The second kappa shape index (κ2) is 9.42. The summed E-state index contributed by atoms with van der Waals surface area (Å²) in [5.74, 6) is 0.646. The number of nitrogens with zero attached hydrogens (tertiary/aromatic N) is 5. The number of rotatable bonds is 5. The number of carbonyl (C=O) groups is 1. The van der Waals surface area contributed by atoms with Crippen LogP contribution in [0.5, 0.6) is 5.75 Å². The summed E-state index contributed by atoms with van der Waals surface area (Å²) in [7, 11) is 1.63. The predicted octanol–water partition coefficient (Wildman–Crippen LogP) is 4.22. The van der Waals surface area contributed by atoms with Crippen LogP contribution in [0.4, 0.5) is 9.52 Å². The van der Waals surface area contributed by atoms with E-state index in [1.54, 1.807) is 35.3 Å². The molecule has 1 aliphatic heterocycles. The quantitative estimate of drug-likeness (QED) is 0.429. The Kier molecular flexibility index (Phi) is 6.19. The molecule has 176 valence electrons. The van der Waals surface area contributed by atoms with Crippen LogP contribution >= 0.6 is 11.3 Å². The lowest BCUT2D eigenvalue weighted by Crippen LogP contribution is -2.36. The number of anilines is 1. The minimum Gasteiger partial charge on any atom is -0.497 e. The number of hydrogen-bond donors (Lipinski definition) is 0. The van der Waals surface area contributed by atoms with Crippen LogP contribution in [0.3, 0.4) is 0 Å². The van der Waals surface area contributed by atoms with E-state index in [9.17, 15) is 9.18 Å². The molecule has 3 heterocycles. The second-order valence-corrected chi connectivity index (χ2v) is 9.35. The first-order valence-corrected chi connectivity index (χ1v) is 12.1. The Morgan fingerprint density at radius 1 is 1.06 bits per heavy atom. The van der Waals surface area contributed by atoms with E-state index in [1.165, 1.54) is 12.1 Å². The average Bonchev–Trinajstić information content (AvgIpc) is 3.30. The molecule has 0 spiro atoms. The molecule has 1 amide bonds. The SMILES string of the molecule is COc1ccc(CC(=O)N2CCCN(c3nc4c(s3)c(C)nn4-c3ccc(F)cc3)CC2)cc1. The number of aromatic nitrogens is 3. The van der Waals surface area contributed by atoms with Gasteiger partial charge in [0.15, 0.2) is 10.8 Å². The van der Waals surface area contributed by atoms with Gasteiger partial charge in [0.1, 0.15) is 11.6 Å². The highest BCUT2D eigenvalue weighted by Gasteiger charge is 2.23. The number of benzene rings is 2. The third-order valence-electron chi connectivity index (χ3n) is 6.08. The van der Waals surface area contributed by atoms with E-state index < -0.39 is 0 Å². The van der Waals surface area contributed by atoms with Gasteiger partial charge in [0, 0.05) is 26.2 Å². The third-order valence-corrected chi connectivity index (χ3v) is 7.30. The normalized spacial score (nSPS) is 14.4. The first-order valence-electron chi connectivity index (χ1n) is 11.3. The summed E-state index contributed by atoms with van der Waals surface area (Å²) in [5.41, 5.74) is 3.44. The van der Waals surface area contributed by atoms with Crippen molar-refractivity contribution in [1.29, 1.82) is 0 Å². The van der Waals surface area contributed by atoms with Crippen molar-refractivity contribution in [3.63, 3.8) is 0 Å². The molecule has 2 aromatic heterocycles. The maximum Gasteiger partial charge on any atom is 0.227 e. The van der Waals surface area contributed by atoms with Gasteiger partial charge in [-0.3, -0.25) is 4.79 Å². The zero-order chi connectivity index (χ0) is 23.7. The highest BCUT2D eigenvalue weighted by molar-refractivity contribution is 7.22. The first kappa shape index (κ1) is 22.3. The van der Waals surface area contributed by atoms with Gasteiger partial charge in [-0.2, -0.15) is 10.1 Å². The van der Waals surface area contributed by atoms with Crippen LogP contribution in [0.15, 0.2) is 48.5 Å². The fraction of sp³-hybridized carbons (Fsp3) is 0.320. The molecular formula is C25H26FN5O2S. The number of ether oxygens (including phenoxy) is 1. The maximum absolute atomic E-state index is 13.4. The Morgan fingerprint density at radius 2 is 1.82 bits per heavy atom. The Morgan fingerprint density at radius 3 is 2.56 bits per heavy atom. The number of aryl methyl sites for hydroxylation is 1. The van der Waals surface area contributed by atoms with Crippen molar-refractivity contribution in [2.24, 2.45) is 0 Å². The van der Waals surface area contributed by atoms with Gasteiger partial charge >= 0.3 is 0 Å². The molecule has 0 unspecified atom stereocenters.